The standard InChI is InChI=1S/C24H23N3O4S/c1-13(25)14-2-4-15(5-3-14)20-16(19-12-31-10-9-27(19)24(29)30)6-7-18-21(20)17-8-11-32-22(17)23(28)26-18/h2-8,11,13,19H,9-10,12,25H2,1H3,(H,26,28)(H,29,30). The van der Waals surface area contributed by atoms with Gasteiger partial charge in [0.15, 0.2) is 0 Å². The van der Waals surface area contributed by atoms with Crippen LogP contribution in [0.3, 0.4) is 0 Å². The van der Waals surface area contributed by atoms with Gasteiger partial charge in [-0.05, 0) is 46.7 Å². The first-order valence-corrected chi connectivity index (χ1v) is 11.3. The summed E-state index contributed by atoms with van der Waals surface area (Å²) in [6.45, 7) is 2.89. The molecule has 5 rings (SSSR count). The van der Waals surface area contributed by atoms with Crippen LogP contribution in [-0.2, 0) is 4.74 Å². The summed E-state index contributed by atoms with van der Waals surface area (Å²) in [5, 5.41) is 13.5. The molecule has 1 aliphatic rings. The number of nitrogens with one attached hydrogen (secondary N) is 1. The van der Waals surface area contributed by atoms with Crippen LogP contribution in [0.2, 0.25) is 0 Å². The Morgan fingerprint density at radius 1 is 1.25 bits per heavy atom. The molecule has 0 radical (unpaired) electrons. The van der Waals surface area contributed by atoms with Crippen molar-refractivity contribution in [3.8, 4) is 11.1 Å². The summed E-state index contributed by atoms with van der Waals surface area (Å²) in [6.07, 6.45) is -0.973. The van der Waals surface area contributed by atoms with Gasteiger partial charge in [-0.1, -0.05) is 30.3 Å². The van der Waals surface area contributed by atoms with Gasteiger partial charge in [-0.2, -0.15) is 0 Å². The van der Waals surface area contributed by atoms with Crippen molar-refractivity contribution in [1.82, 2.24) is 9.88 Å². The van der Waals surface area contributed by atoms with Crippen LogP contribution in [-0.4, -0.2) is 40.8 Å². The van der Waals surface area contributed by atoms with Crippen molar-refractivity contribution < 1.29 is 14.6 Å². The number of nitrogens with two attached hydrogens (primary N) is 1. The van der Waals surface area contributed by atoms with E-state index in [9.17, 15) is 14.7 Å². The number of hydrogen-bond donors (Lipinski definition) is 3. The molecule has 164 valence electrons. The smallest absolute Gasteiger partial charge is 0.407 e. The molecular formula is C24H23N3O4S. The number of aromatic nitrogens is 1. The molecule has 1 aliphatic heterocycles. The SMILES string of the molecule is CC(N)c1ccc(-c2c(C3COCCN3C(=O)O)ccc3[nH]c(=O)c4sccc4c23)cc1. The Morgan fingerprint density at radius 3 is 2.75 bits per heavy atom. The lowest BCUT2D eigenvalue weighted by Crippen LogP contribution is -2.42. The summed E-state index contributed by atoms with van der Waals surface area (Å²) in [7, 11) is 0. The molecule has 0 aliphatic carbocycles. The maximum atomic E-state index is 12.6. The number of carbonyl (C=O) groups is 1. The Balaban J connectivity index is 1.84. The van der Waals surface area contributed by atoms with Crippen LogP contribution in [0.5, 0.6) is 0 Å². The van der Waals surface area contributed by atoms with Gasteiger partial charge in [0.2, 0.25) is 0 Å². The lowest BCUT2D eigenvalue weighted by atomic mass is 9.88. The number of morpholine rings is 1. The lowest BCUT2D eigenvalue weighted by Gasteiger charge is -2.35. The Labute approximate surface area is 188 Å². The van der Waals surface area contributed by atoms with E-state index >= 15 is 0 Å². The zero-order chi connectivity index (χ0) is 22.4. The highest BCUT2D eigenvalue weighted by Crippen LogP contribution is 2.41. The zero-order valence-electron chi connectivity index (χ0n) is 17.5. The minimum absolute atomic E-state index is 0.0924. The first kappa shape index (κ1) is 20.7. The summed E-state index contributed by atoms with van der Waals surface area (Å²) in [4.78, 5) is 29.0. The van der Waals surface area contributed by atoms with Gasteiger partial charge in [-0.25, -0.2) is 4.79 Å². The van der Waals surface area contributed by atoms with Crippen LogP contribution in [0.4, 0.5) is 4.79 Å². The molecular weight excluding hydrogens is 426 g/mol. The van der Waals surface area contributed by atoms with Crippen LogP contribution in [0, 0.1) is 0 Å². The Morgan fingerprint density at radius 2 is 2.03 bits per heavy atom. The number of rotatable bonds is 3. The fourth-order valence-corrected chi connectivity index (χ4v) is 5.29. The normalized spacial score (nSPS) is 17.7. The van der Waals surface area contributed by atoms with Crippen molar-refractivity contribution in [2.24, 2.45) is 5.73 Å². The van der Waals surface area contributed by atoms with Gasteiger partial charge in [0.05, 0.1) is 19.3 Å². The van der Waals surface area contributed by atoms with Crippen molar-refractivity contribution in [2.45, 2.75) is 19.0 Å². The van der Waals surface area contributed by atoms with Crippen molar-refractivity contribution in [1.29, 1.82) is 0 Å². The second-order valence-corrected chi connectivity index (χ2v) is 8.96. The molecule has 4 N–H and O–H groups in total. The molecule has 32 heavy (non-hydrogen) atoms. The Bertz CT molecular complexity index is 1370. The average Bonchev–Trinajstić information content (AvgIpc) is 3.29. The molecule has 1 saturated heterocycles. The second kappa shape index (κ2) is 8.05. The van der Waals surface area contributed by atoms with Crippen LogP contribution >= 0.6 is 11.3 Å². The lowest BCUT2D eigenvalue weighted by molar-refractivity contribution is -0.000679. The highest BCUT2D eigenvalue weighted by molar-refractivity contribution is 7.17. The maximum absolute atomic E-state index is 12.6. The minimum Gasteiger partial charge on any atom is -0.465 e. The number of carboxylic acid groups (broad SMARTS) is 1. The number of aromatic amines is 1. The van der Waals surface area contributed by atoms with E-state index in [1.165, 1.54) is 16.2 Å². The van der Waals surface area contributed by atoms with Gasteiger partial charge in [0.25, 0.3) is 5.56 Å². The molecule has 2 unspecified atom stereocenters. The van der Waals surface area contributed by atoms with E-state index in [-0.39, 0.29) is 18.2 Å². The van der Waals surface area contributed by atoms with Gasteiger partial charge < -0.3 is 20.6 Å². The summed E-state index contributed by atoms with van der Waals surface area (Å²) in [6, 6.07) is 13.2. The van der Waals surface area contributed by atoms with Crippen molar-refractivity contribution in [2.75, 3.05) is 19.8 Å². The van der Waals surface area contributed by atoms with Crippen molar-refractivity contribution >= 4 is 38.4 Å². The van der Waals surface area contributed by atoms with E-state index in [1.807, 2.05) is 54.8 Å². The molecule has 3 heterocycles. The Hall–Kier alpha value is -3.20. The number of hydrogen-bond acceptors (Lipinski definition) is 5. The number of ether oxygens (including phenoxy) is 1. The zero-order valence-corrected chi connectivity index (χ0v) is 18.3. The first-order valence-electron chi connectivity index (χ1n) is 10.4. The first-order chi connectivity index (χ1) is 15.5. The van der Waals surface area contributed by atoms with Crippen molar-refractivity contribution in [3.63, 3.8) is 0 Å². The molecule has 0 saturated carbocycles. The fraction of sp³-hybridized carbons (Fsp3) is 0.250. The molecule has 0 bridgehead atoms. The molecule has 1 fully saturated rings. The van der Waals surface area contributed by atoms with Crippen molar-refractivity contribution in [3.05, 3.63) is 69.3 Å². The maximum Gasteiger partial charge on any atom is 0.407 e. The molecule has 2 aromatic carbocycles. The molecule has 1 amide bonds. The number of nitrogens with zero attached hydrogens (tertiary/aromatic N) is 1. The highest BCUT2D eigenvalue weighted by atomic mass is 32.1. The highest BCUT2D eigenvalue weighted by Gasteiger charge is 2.31. The Kier molecular flexibility index (Phi) is 5.21. The number of H-pyrrole nitrogens is 1. The molecule has 7 nitrogen and oxygen atoms in total. The summed E-state index contributed by atoms with van der Waals surface area (Å²) < 4.78 is 6.34. The van der Waals surface area contributed by atoms with E-state index in [2.05, 4.69) is 4.98 Å². The third kappa shape index (κ3) is 3.37. The number of amides is 1. The summed E-state index contributed by atoms with van der Waals surface area (Å²) in [5.74, 6) is 0. The summed E-state index contributed by atoms with van der Waals surface area (Å²) >= 11 is 1.40. The minimum atomic E-state index is -0.973. The third-order valence-corrected chi connectivity index (χ3v) is 7.00. The monoisotopic (exact) mass is 449 g/mol. The van der Waals surface area contributed by atoms with E-state index in [4.69, 9.17) is 10.5 Å². The van der Waals surface area contributed by atoms with Gasteiger partial charge in [-0.3, -0.25) is 9.69 Å². The molecule has 8 heteroatoms. The van der Waals surface area contributed by atoms with Crippen LogP contribution < -0.4 is 11.3 Å². The quantitative estimate of drug-likeness (QED) is 0.427. The van der Waals surface area contributed by atoms with Gasteiger partial charge in [-0.15, -0.1) is 11.3 Å². The largest absolute Gasteiger partial charge is 0.465 e. The van der Waals surface area contributed by atoms with E-state index in [0.29, 0.717) is 17.9 Å². The number of benzene rings is 2. The predicted molar refractivity (Wildman–Crippen MR) is 126 cm³/mol. The topological polar surface area (TPSA) is 109 Å². The molecule has 4 aromatic rings. The van der Waals surface area contributed by atoms with E-state index in [0.717, 1.165) is 38.5 Å². The molecule has 0 spiro atoms. The van der Waals surface area contributed by atoms with E-state index < -0.39 is 12.1 Å². The van der Waals surface area contributed by atoms with Crippen LogP contribution in [0.1, 0.15) is 30.1 Å². The van der Waals surface area contributed by atoms with Crippen LogP contribution in [0.25, 0.3) is 32.1 Å². The second-order valence-electron chi connectivity index (χ2n) is 8.05. The average molecular weight is 450 g/mol. The van der Waals surface area contributed by atoms with Gasteiger partial charge in [0, 0.05) is 28.9 Å². The fourth-order valence-electron chi connectivity index (χ4n) is 4.50. The molecule has 2 atom stereocenters. The van der Waals surface area contributed by atoms with Gasteiger partial charge in [0.1, 0.15) is 4.70 Å². The van der Waals surface area contributed by atoms with Crippen LogP contribution in [0.15, 0.2) is 52.6 Å². The van der Waals surface area contributed by atoms with Gasteiger partial charge >= 0.3 is 6.09 Å². The predicted octanol–water partition coefficient (Wildman–Crippen LogP) is 4.48. The molecule has 2 aromatic heterocycles. The van der Waals surface area contributed by atoms with E-state index in [1.54, 1.807) is 0 Å². The number of thiophene rings is 1. The number of fused-ring (bicyclic) bond motifs is 3. The third-order valence-electron chi connectivity index (χ3n) is 6.08. The summed E-state index contributed by atoms with van der Waals surface area (Å²) in [5.41, 5.74) is 10.3. The number of pyridine rings is 1.